The van der Waals surface area contributed by atoms with Crippen LogP contribution in [0.5, 0.6) is 0 Å². The van der Waals surface area contributed by atoms with Crippen molar-refractivity contribution in [1.29, 1.82) is 0 Å². The topological polar surface area (TPSA) is 30.7 Å². The lowest BCUT2D eigenvalue weighted by Crippen LogP contribution is -2.12. The van der Waals surface area contributed by atoms with Gasteiger partial charge < -0.3 is 4.57 Å². The Balaban J connectivity index is 1.80. The molecule has 0 aliphatic carbocycles. The second kappa shape index (κ2) is 5.72. The van der Waals surface area contributed by atoms with Gasteiger partial charge in [-0.3, -0.25) is 0 Å². The van der Waals surface area contributed by atoms with E-state index in [1.165, 1.54) is 11.8 Å². The zero-order valence-electron chi connectivity index (χ0n) is 12.1. The fourth-order valence-corrected chi connectivity index (χ4v) is 4.23. The highest BCUT2D eigenvalue weighted by Crippen LogP contribution is 2.32. The Morgan fingerprint density at radius 2 is 2.23 bits per heavy atom. The molecule has 112 valence electrons. The molecule has 1 aliphatic rings. The maximum atomic E-state index is 13.4. The number of halogens is 1. The number of pyridine rings is 1. The smallest absolute Gasteiger partial charge is 0.160 e. The second-order valence-corrected chi connectivity index (χ2v) is 6.72. The largest absolute Gasteiger partial charge is 0.308 e. The average molecular weight is 313 g/mol. The van der Waals surface area contributed by atoms with E-state index in [0.29, 0.717) is 12.5 Å². The Labute approximate surface area is 132 Å². The Morgan fingerprint density at radius 3 is 3.05 bits per heavy atom. The number of benzene rings is 1. The predicted molar refractivity (Wildman–Crippen MR) is 87.7 cm³/mol. The number of fused-ring (bicyclic) bond motifs is 1. The van der Waals surface area contributed by atoms with Gasteiger partial charge in [-0.15, -0.1) is 0 Å². The van der Waals surface area contributed by atoms with Crippen molar-refractivity contribution < 1.29 is 4.39 Å². The summed E-state index contributed by atoms with van der Waals surface area (Å²) in [4.78, 5) is 9.27. The first-order valence-corrected chi connectivity index (χ1v) is 8.61. The molecule has 0 saturated carbocycles. The number of thioether (sulfide) groups is 1. The van der Waals surface area contributed by atoms with Crippen molar-refractivity contribution in [3.8, 4) is 0 Å². The van der Waals surface area contributed by atoms with Crippen LogP contribution >= 0.6 is 11.8 Å². The molecule has 4 rings (SSSR count). The quantitative estimate of drug-likeness (QED) is 0.736. The van der Waals surface area contributed by atoms with Crippen molar-refractivity contribution in [2.75, 3.05) is 11.5 Å². The van der Waals surface area contributed by atoms with Crippen LogP contribution in [-0.4, -0.2) is 26.0 Å². The molecule has 22 heavy (non-hydrogen) atoms. The first-order chi connectivity index (χ1) is 10.8. The molecule has 1 fully saturated rings. The molecule has 1 unspecified atom stereocenters. The van der Waals surface area contributed by atoms with Crippen LogP contribution in [0.15, 0.2) is 42.6 Å². The van der Waals surface area contributed by atoms with E-state index in [1.807, 2.05) is 36.2 Å². The number of hydrogen-bond acceptors (Lipinski definition) is 3. The summed E-state index contributed by atoms with van der Waals surface area (Å²) < 4.78 is 15.7. The van der Waals surface area contributed by atoms with E-state index in [9.17, 15) is 4.39 Å². The SMILES string of the molecule is Fc1cccc(Cc2nc3cccnc3n2C2CCSC2)c1. The monoisotopic (exact) mass is 313 g/mol. The lowest BCUT2D eigenvalue weighted by molar-refractivity contribution is 0.550. The first-order valence-electron chi connectivity index (χ1n) is 7.45. The molecule has 1 aliphatic heterocycles. The lowest BCUT2D eigenvalue weighted by Gasteiger charge is -2.15. The van der Waals surface area contributed by atoms with Crippen molar-refractivity contribution >= 4 is 22.9 Å². The van der Waals surface area contributed by atoms with Gasteiger partial charge in [-0.1, -0.05) is 12.1 Å². The molecule has 1 atom stereocenters. The van der Waals surface area contributed by atoms with Crippen molar-refractivity contribution in [2.45, 2.75) is 18.9 Å². The van der Waals surface area contributed by atoms with Crippen LogP contribution in [0.25, 0.3) is 11.2 Å². The number of imidazole rings is 1. The number of rotatable bonds is 3. The van der Waals surface area contributed by atoms with Gasteiger partial charge in [0.2, 0.25) is 0 Å². The summed E-state index contributed by atoms with van der Waals surface area (Å²) in [7, 11) is 0. The normalized spacial score (nSPS) is 18.1. The molecule has 1 aromatic carbocycles. The van der Waals surface area contributed by atoms with Gasteiger partial charge in [0.1, 0.15) is 17.2 Å². The molecule has 0 spiro atoms. The Morgan fingerprint density at radius 1 is 1.27 bits per heavy atom. The second-order valence-electron chi connectivity index (χ2n) is 5.57. The first kappa shape index (κ1) is 13.8. The summed E-state index contributed by atoms with van der Waals surface area (Å²) in [6.45, 7) is 0. The molecule has 1 saturated heterocycles. The maximum absolute atomic E-state index is 13.4. The van der Waals surface area contributed by atoms with Gasteiger partial charge in [0, 0.05) is 24.4 Å². The third kappa shape index (κ3) is 2.50. The predicted octanol–water partition coefficient (Wildman–Crippen LogP) is 3.84. The number of nitrogens with zero attached hydrogens (tertiary/aromatic N) is 3. The van der Waals surface area contributed by atoms with Crippen molar-refractivity contribution in [1.82, 2.24) is 14.5 Å². The van der Waals surface area contributed by atoms with Gasteiger partial charge in [-0.25, -0.2) is 14.4 Å². The van der Waals surface area contributed by atoms with Gasteiger partial charge in [0.25, 0.3) is 0 Å². The van der Waals surface area contributed by atoms with Crippen LogP contribution in [0, 0.1) is 5.82 Å². The molecule has 0 N–H and O–H groups in total. The zero-order chi connectivity index (χ0) is 14.9. The summed E-state index contributed by atoms with van der Waals surface area (Å²) in [5.41, 5.74) is 2.81. The summed E-state index contributed by atoms with van der Waals surface area (Å²) in [5.74, 6) is 3.05. The molecular weight excluding hydrogens is 297 g/mol. The molecule has 0 bridgehead atoms. The molecule has 2 aromatic heterocycles. The standard InChI is InChI=1S/C17H16FN3S/c18-13-4-1-3-12(9-13)10-16-20-15-5-2-7-19-17(15)21(16)14-6-8-22-11-14/h1-5,7,9,14H,6,8,10-11H2. The fraction of sp³-hybridized carbons (Fsp3) is 0.294. The maximum Gasteiger partial charge on any atom is 0.160 e. The summed E-state index contributed by atoms with van der Waals surface area (Å²) in [6.07, 6.45) is 3.59. The van der Waals surface area contributed by atoms with E-state index in [1.54, 1.807) is 12.1 Å². The summed E-state index contributed by atoms with van der Waals surface area (Å²) in [5, 5.41) is 0. The third-order valence-electron chi connectivity index (χ3n) is 4.04. The molecular formula is C17H16FN3S. The Bertz CT molecular complexity index is 809. The fourth-order valence-electron chi connectivity index (χ4n) is 3.04. The van der Waals surface area contributed by atoms with E-state index in [0.717, 1.165) is 34.7 Å². The average Bonchev–Trinajstić information content (AvgIpc) is 3.13. The molecule has 3 heterocycles. The minimum atomic E-state index is -0.199. The van der Waals surface area contributed by atoms with Crippen LogP contribution < -0.4 is 0 Å². The molecule has 0 radical (unpaired) electrons. The van der Waals surface area contributed by atoms with Gasteiger partial charge in [-0.05, 0) is 42.0 Å². The zero-order valence-corrected chi connectivity index (χ0v) is 12.9. The Kier molecular flexibility index (Phi) is 3.58. The van der Waals surface area contributed by atoms with Gasteiger partial charge in [0.05, 0.1) is 0 Å². The van der Waals surface area contributed by atoms with E-state index >= 15 is 0 Å². The lowest BCUT2D eigenvalue weighted by atomic mass is 10.1. The molecule has 3 aromatic rings. The Hall–Kier alpha value is -1.88. The van der Waals surface area contributed by atoms with Crippen molar-refractivity contribution in [2.24, 2.45) is 0 Å². The van der Waals surface area contributed by atoms with E-state index < -0.39 is 0 Å². The molecule has 0 amide bonds. The van der Waals surface area contributed by atoms with Gasteiger partial charge in [0.15, 0.2) is 5.65 Å². The molecule has 3 nitrogen and oxygen atoms in total. The minimum absolute atomic E-state index is 0.199. The van der Waals surface area contributed by atoms with Crippen LogP contribution in [0.2, 0.25) is 0 Å². The van der Waals surface area contributed by atoms with Crippen LogP contribution in [-0.2, 0) is 6.42 Å². The van der Waals surface area contributed by atoms with Crippen molar-refractivity contribution in [3.05, 3.63) is 59.8 Å². The number of aromatic nitrogens is 3. The summed E-state index contributed by atoms with van der Waals surface area (Å²) >= 11 is 1.97. The highest BCUT2D eigenvalue weighted by atomic mass is 32.2. The number of hydrogen-bond donors (Lipinski definition) is 0. The van der Waals surface area contributed by atoms with Crippen LogP contribution in [0.1, 0.15) is 23.9 Å². The third-order valence-corrected chi connectivity index (χ3v) is 5.19. The van der Waals surface area contributed by atoms with Crippen molar-refractivity contribution in [3.63, 3.8) is 0 Å². The van der Waals surface area contributed by atoms with Gasteiger partial charge in [-0.2, -0.15) is 11.8 Å². The van der Waals surface area contributed by atoms with Crippen LogP contribution in [0.4, 0.5) is 4.39 Å². The highest BCUT2D eigenvalue weighted by Gasteiger charge is 2.23. The summed E-state index contributed by atoms with van der Waals surface area (Å²) in [6, 6.07) is 11.1. The molecule has 5 heteroatoms. The van der Waals surface area contributed by atoms with Crippen LogP contribution in [0.3, 0.4) is 0 Å². The van der Waals surface area contributed by atoms with E-state index in [4.69, 9.17) is 4.98 Å². The van der Waals surface area contributed by atoms with E-state index in [2.05, 4.69) is 9.55 Å². The highest BCUT2D eigenvalue weighted by molar-refractivity contribution is 7.99. The minimum Gasteiger partial charge on any atom is -0.308 e. The van der Waals surface area contributed by atoms with Gasteiger partial charge >= 0.3 is 0 Å². The van der Waals surface area contributed by atoms with E-state index in [-0.39, 0.29) is 5.82 Å².